The number of carbonyl (C=O) groups is 5. The summed E-state index contributed by atoms with van der Waals surface area (Å²) >= 11 is 0. The number of hydrogen-bond acceptors (Lipinski definition) is 10. The zero-order chi connectivity index (χ0) is 28.5. The van der Waals surface area contributed by atoms with Crippen LogP contribution in [0.4, 0.5) is 0 Å². The van der Waals surface area contributed by atoms with Crippen LogP contribution in [0.3, 0.4) is 0 Å². The average molecular weight is 535 g/mol. The second kappa shape index (κ2) is 9.17. The summed E-state index contributed by atoms with van der Waals surface area (Å²) in [7, 11) is 0. The quantitative estimate of drug-likeness (QED) is 0.229. The van der Waals surface area contributed by atoms with Gasteiger partial charge >= 0.3 is 23.9 Å². The molecule has 1 saturated heterocycles. The summed E-state index contributed by atoms with van der Waals surface area (Å²) in [4.78, 5) is 63.1. The highest BCUT2D eigenvalue weighted by molar-refractivity contribution is 5.96. The zero-order valence-electron chi connectivity index (χ0n) is 23.5. The lowest BCUT2D eigenvalue weighted by Gasteiger charge is -2.30. The van der Waals surface area contributed by atoms with Crippen LogP contribution in [0.25, 0.3) is 0 Å². The van der Waals surface area contributed by atoms with Crippen molar-refractivity contribution in [2.75, 3.05) is 0 Å². The summed E-state index contributed by atoms with van der Waals surface area (Å²) < 4.78 is 29.3. The molecule has 38 heavy (non-hydrogen) atoms. The zero-order valence-corrected chi connectivity index (χ0v) is 23.5. The van der Waals surface area contributed by atoms with Crippen molar-refractivity contribution in [1.82, 2.24) is 0 Å². The Bertz CT molecular complexity index is 1110. The first-order chi connectivity index (χ1) is 17.5. The number of rotatable bonds is 4. The minimum Gasteiger partial charge on any atom is -0.461 e. The molecule has 0 aromatic carbocycles. The number of carbonyl (C=O) groups excluding carboxylic acids is 5. The molecule has 0 N–H and O–H groups in total. The molecule has 2 saturated carbocycles. The molecule has 0 radical (unpaired) electrons. The lowest BCUT2D eigenvalue weighted by Crippen LogP contribution is -2.43. The maximum atomic E-state index is 14.2. The van der Waals surface area contributed by atoms with Crippen molar-refractivity contribution in [3.8, 4) is 0 Å². The van der Waals surface area contributed by atoms with E-state index in [9.17, 15) is 24.0 Å². The smallest absolute Gasteiger partial charge is 0.303 e. The van der Waals surface area contributed by atoms with E-state index >= 15 is 0 Å². The standard InChI is InChI=1S/C28H38O10/c1-12-10-28-25(37-18(7)32)13(2)11-27(28,38-28)24(33)14(3)22(35-16(5)30)19-20(26(19,8)9)23(36-17(6)31)21(12)34-15(4)29/h10,13-14,19-23,25H,11H2,1-9H3/b12-10+/t13-,14+,19-,20+,21+,22-,23-,25-,27-,28-/m0/s1. The fourth-order valence-corrected chi connectivity index (χ4v) is 7.39. The molecule has 10 heteroatoms. The molecule has 4 aliphatic rings. The van der Waals surface area contributed by atoms with Crippen LogP contribution in [-0.4, -0.2) is 65.3 Å². The third kappa shape index (κ3) is 4.25. The number of ether oxygens (including phenoxy) is 5. The maximum Gasteiger partial charge on any atom is 0.303 e. The Hall–Kier alpha value is -2.75. The summed E-state index contributed by atoms with van der Waals surface area (Å²) in [6.07, 6.45) is -1.52. The monoisotopic (exact) mass is 534 g/mol. The molecule has 0 amide bonds. The van der Waals surface area contributed by atoms with Crippen LogP contribution in [0.1, 0.15) is 68.7 Å². The fourth-order valence-electron chi connectivity index (χ4n) is 7.39. The lowest BCUT2D eigenvalue weighted by atomic mass is 9.80. The van der Waals surface area contributed by atoms with Gasteiger partial charge < -0.3 is 23.7 Å². The second-order valence-electron chi connectivity index (χ2n) is 12.0. The minimum absolute atomic E-state index is 0.218. The van der Waals surface area contributed by atoms with Crippen LogP contribution >= 0.6 is 0 Å². The van der Waals surface area contributed by atoms with Gasteiger partial charge in [-0.3, -0.25) is 24.0 Å². The molecule has 0 bridgehead atoms. The highest BCUT2D eigenvalue weighted by Gasteiger charge is 2.84. The van der Waals surface area contributed by atoms with Crippen molar-refractivity contribution in [3.05, 3.63) is 11.6 Å². The highest BCUT2D eigenvalue weighted by Crippen LogP contribution is 2.68. The average Bonchev–Trinajstić information content (AvgIpc) is 3.56. The van der Waals surface area contributed by atoms with Gasteiger partial charge in [0.15, 0.2) is 23.1 Å². The SMILES string of the molecule is CC(=O)O[C@@H]1[C@@H]2[C@H]([C@H](OC(C)=O)[C@H](OC(C)=O)/C(C)=C/[C@@]34O[C@@]3(C[C@H](C)[C@@H]4OC(C)=O)C(=O)[C@@H]1C)C2(C)C. The van der Waals surface area contributed by atoms with Crippen molar-refractivity contribution < 1.29 is 47.7 Å². The van der Waals surface area contributed by atoms with Gasteiger partial charge in [-0.05, 0) is 36.3 Å². The normalized spacial score (nSPS) is 44.0. The number of esters is 4. The maximum absolute atomic E-state index is 14.2. The van der Waals surface area contributed by atoms with Gasteiger partial charge in [0.05, 0.1) is 5.92 Å². The molecule has 10 atom stereocenters. The third-order valence-corrected chi connectivity index (χ3v) is 8.87. The van der Waals surface area contributed by atoms with E-state index < -0.39 is 70.8 Å². The third-order valence-electron chi connectivity index (χ3n) is 8.87. The Labute approximate surface area is 222 Å². The molecule has 10 nitrogen and oxygen atoms in total. The van der Waals surface area contributed by atoms with E-state index in [1.54, 1.807) is 19.9 Å². The van der Waals surface area contributed by atoms with E-state index in [0.717, 1.165) is 0 Å². The topological polar surface area (TPSA) is 135 Å². The molecule has 3 fully saturated rings. The Balaban J connectivity index is 1.94. The molecule has 0 aromatic heterocycles. The van der Waals surface area contributed by atoms with Crippen LogP contribution in [0.5, 0.6) is 0 Å². The number of epoxide rings is 1. The van der Waals surface area contributed by atoms with Gasteiger partial charge in [-0.25, -0.2) is 0 Å². The number of ketones is 1. The molecular weight excluding hydrogens is 496 g/mol. The lowest BCUT2D eigenvalue weighted by molar-refractivity contribution is -0.166. The van der Waals surface area contributed by atoms with E-state index in [2.05, 4.69) is 0 Å². The molecule has 0 spiro atoms. The van der Waals surface area contributed by atoms with Gasteiger partial charge in [0, 0.05) is 39.5 Å². The van der Waals surface area contributed by atoms with E-state index in [1.165, 1.54) is 27.7 Å². The molecule has 1 heterocycles. The van der Waals surface area contributed by atoms with E-state index in [1.807, 2.05) is 20.8 Å². The molecule has 0 aromatic rings. The van der Waals surface area contributed by atoms with Gasteiger partial charge in [-0.2, -0.15) is 0 Å². The Morgan fingerprint density at radius 1 is 0.842 bits per heavy atom. The first kappa shape index (κ1) is 28.3. The van der Waals surface area contributed by atoms with Gasteiger partial charge in [0.1, 0.15) is 18.3 Å². The van der Waals surface area contributed by atoms with Gasteiger partial charge in [0.25, 0.3) is 0 Å². The Morgan fingerprint density at radius 2 is 1.34 bits per heavy atom. The van der Waals surface area contributed by atoms with Crippen molar-refractivity contribution in [3.63, 3.8) is 0 Å². The molecule has 4 rings (SSSR count). The molecule has 3 aliphatic carbocycles. The summed E-state index contributed by atoms with van der Waals surface area (Å²) in [5.41, 5.74) is -2.61. The van der Waals surface area contributed by atoms with Gasteiger partial charge in [-0.1, -0.05) is 27.7 Å². The van der Waals surface area contributed by atoms with Crippen molar-refractivity contribution in [2.24, 2.45) is 29.1 Å². The number of hydrogen-bond donors (Lipinski definition) is 0. The summed E-state index contributed by atoms with van der Waals surface area (Å²) in [5, 5.41) is 0. The molecular formula is C28H38O10. The fraction of sp³-hybridized carbons (Fsp3) is 0.750. The van der Waals surface area contributed by atoms with Crippen LogP contribution in [-0.2, 0) is 47.7 Å². The van der Waals surface area contributed by atoms with Crippen LogP contribution in [0.2, 0.25) is 0 Å². The van der Waals surface area contributed by atoms with Gasteiger partial charge in [0.2, 0.25) is 0 Å². The second-order valence-corrected chi connectivity index (χ2v) is 12.0. The Kier molecular flexibility index (Phi) is 6.82. The van der Waals surface area contributed by atoms with Crippen molar-refractivity contribution in [2.45, 2.75) is 104 Å². The number of Topliss-reactive ketones (excluding diaryl/α,β-unsaturated/α-hetero) is 1. The van der Waals surface area contributed by atoms with E-state index in [0.29, 0.717) is 12.0 Å². The summed E-state index contributed by atoms with van der Waals surface area (Å²) in [6.45, 7) is 14.3. The van der Waals surface area contributed by atoms with Gasteiger partial charge in [-0.15, -0.1) is 0 Å². The molecule has 210 valence electrons. The predicted molar refractivity (Wildman–Crippen MR) is 131 cm³/mol. The Morgan fingerprint density at radius 3 is 1.87 bits per heavy atom. The van der Waals surface area contributed by atoms with Crippen molar-refractivity contribution >= 4 is 29.7 Å². The predicted octanol–water partition coefficient (Wildman–Crippen LogP) is 2.70. The summed E-state index contributed by atoms with van der Waals surface area (Å²) in [6, 6.07) is 0. The largest absolute Gasteiger partial charge is 0.461 e. The number of fused-ring (bicyclic) bond motifs is 1. The van der Waals surface area contributed by atoms with E-state index in [4.69, 9.17) is 23.7 Å². The van der Waals surface area contributed by atoms with Crippen LogP contribution in [0.15, 0.2) is 11.6 Å². The first-order valence-electron chi connectivity index (χ1n) is 13.1. The molecule has 0 unspecified atom stereocenters. The van der Waals surface area contributed by atoms with Crippen LogP contribution < -0.4 is 0 Å². The highest BCUT2D eigenvalue weighted by atomic mass is 16.7. The minimum atomic E-state index is -1.30. The van der Waals surface area contributed by atoms with E-state index in [-0.39, 0.29) is 23.5 Å². The molecule has 1 aliphatic heterocycles. The van der Waals surface area contributed by atoms with Crippen LogP contribution in [0, 0.1) is 29.1 Å². The van der Waals surface area contributed by atoms with Crippen molar-refractivity contribution in [1.29, 1.82) is 0 Å². The summed E-state index contributed by atoms with van der Waals surface area (Å²) in [5.74, 6) is -4.18. The first-order valence-corrected chi connectivity index (χ1v) is 13.1.